The number of anilines is 1. The van der Waals surface area contributed by atoms with Crippen molar-refractivity contribution in [2.45, 2.75) is 19.8 Å². The number of carbonyl (C=O) groups excluding carboxylic acids is 1. The number of para-hydroxylation sites is 1. The molecule has 1 aromatic heterocycles. The number of hydrogen-bond acceptors (Lipinski definition) is 3. The van der Waals surface area contributed by atoms with Crippen molar-refractivity contribution in [3.63, 3.8) is 0 Å². The summed E-state index contributed by atoms with van der Waals surface area (Å²) in [4.78, 5) is 17.1. The summed E-state index contributed by atoms with van der Waals surface area (Å²) in [7, 11) is 0. The Bertz CT molecular complexity index is 1060. The molecule has 2 aromatic carbocycles. The van der Waals surface area contributed by atoms with Crippen molar-refractivity contribution < 1.29 is 4.79 Å². The van der Waals surface area contributed by atoms with Gasteiger partial charge >= 0.3 is 0 Å². The quantitative estimate of drug-likeness (QED) is 0.522. The molecule has 1 amide bonds. The maximum atomic E-state index is 13.0. The molecule has 2 heterocycles. The van der Waals surface area contributed by atoms with Crippen LogP contribution in [0.5, 0.6) is 0 Å². The van der Waals surface area contributed by atoms with Gasteiger partial charge in [-0.25, -0.2) is 4.68 Å². The lowest BCUT2D eigenvalue weighted by Crippen LogP contribution is -2.42. The number of rotatable bonds is 7. The van der Waals surface area contributed by atoms with Gasteiger partial charge in [0.2, 0.25) is 5.91 Å². The molecule has 0 N–H and O–H groups in total. The Balaban J connectivity index is 1.40. The van der Waals surface area contributed by atoms with E-state index in [9.17, 15) is 4.79 Å². The third kappa shape index (κ3) is 5.24. The SMILES string of the molecule is CCCN(C(=O)CN1CC=C(c2cnn(-c3ccccc3)c2)CC1)c1cccc(Cl)c1. The van der Waals surface area contributed by atoms with Gasteiger partial charge in [0.15, 0.2) is 0 Å². The minimum Gasteiger partial charge on any atom is -0.311 e. The fourth-order valence-corrected chi connectivity index (χ4v) is 4.05. The average molecular weight is 435 g/mol. The van der Waals surface area contributed by atoms with E-state index >= 15 is 0 Å². The molecule has 4 rings (SSSR count). The maximum absolute atomic E-state index is 13.0. The Hall–Kier alpha value is -2.89. The van der Waals surface area contributed by atoms with E-state index in [1.165, 1.54) is 5.57 Å². The Morgan fingerprint density at radius 1 is 1.16 bits per heavy atom. The molecule has 0 unspecified atom stereocenters. The molecule has 0 aliphatic carbocycles. The average Bonchev–Trinajstić information content (AvgIpc) is 3.29. The zero-order valence-corrected chi connectivity index (χ0v) is 18.5. The van der Waals surface area contributed by atoms with Crippen LogP contribution in [-0.4, -0.2) is 46.8 Å². The predicted octanol–water partition coefficient (Wildman–Crippen LogP) is 5.06. The van der Waals surface area contributed by atoms with Gasteiger partial charge in [0, 0.05) is 42.1 Å². The second-order valence-corrected chi connectivity index (χ2v) is 8.19. The number of nitrogens with zero attached hydrogens (tertiary/aromatic N) is 4. The van der Waals surface area contributed by atoms with Gasteiger partial charge in [0.25, 0.3) is 0 Å². The molecule has 0 fully saturated rings. The first-order chi connectivity index (χ1) is 15.1. The summed E-state index contributed by atoms with van der Waals surface area (Å²) in [5.41, 5.74) is 4.34. The summed E-state index contributed by atoms with van der Waals surface area (Å²) in [6, 6.07) is 17.6. The van der Waals surface area contributed by atoms with Gasteiger partial charge in [0.1, 0.15) is 0 Å². The Kier molecular flexibility index (Phi) is 6.85. The standard InChI is InChI=1S/C25H27ClN4O/c1-2-13-29(24-10-6-7-22(26)16-24)25(31)19-28-14-11-20(12-15-28)21-17-27-30(18-21)23-8-4-3-5-9-23/h3-11,16-18H,2,12-15,19H2,1H3. The van der Waals surface area contributed by atoms with E-state index in [1.807, 2.05) is 70.4 Å². The number of carbonyl (C=O) groups is 1. The van der Waals surface area contributed by atoms with Gasteiger partial charge in [0.05, 0.1) is 18.4 Å². The molecule has 1 aliphatic rings. The second-order valence-electron chi connectivity index (χ2n) is 7.75. The lowest BCUT2D eigenvalue weighted by atomic mass is 10.0. The highest BCUT2D eigenvalue weighted by Crippen LogP contribution is 2.24. The van der Waals surface area contributed by atoms with Crippen LogP contribution in [0.4, 0.5) is 5.69 Å². The van der Waals surface area contributed by atoms with Crippen LogP contribution in [0.1, 0.15) is 25.3 Å². The van der Waals surface area contributed by atoms with E-state index in [2.05, 4.69) is 29.2 Å². The van der Waals surface area contributed by atoms with Crippen LogP contribution in [0, 0.1) is 0 Å². The number of hydrogen-bond donors (Lipinski definition) is 0. The van der Waals surface area contributed by atoms with Crippen molar-refractivity contribution in [2.24, 2.45) is 0 Å². The Morgan fingerprint density at radius 2 is 2.00 bits per heavy atom. The second kappa shape index (κ2) is 9.94. The van der Waals surface area contributed by atoms with Gasteiger partial charge in [-0.2, -0.15) is 5.10 Å². The minimum atomic E-state index is 0.109. The molecule has 0 spiro atoms. The van der Waals surface area contributed by atoms with Gasteiger partial charge < -0.3 is 4.90 Å². The highest BCUT2D eigenvalue weighted by Gasteiger charge is 2.21. The van der Waals surface area contributed by atoms with Crippen LogP contribution in [-0.2, 0) is 4.79 Å². The van der Waals surface area contributed by atoms with Gasteiger partial charge in [-0.05, 0) is 48.7 Å². The maximum Gasteiger partial charge on any atom is 0.241 e. The molecule has 5 nitrogen and oxygen atoms in total. The molecule has 0 bridgehead atoms. The van der Waals surface area contributed by atoms with E-state index in [-0.39, 0.29) is 5.91 Å². The third-order valence-corrected chi connectivity index (χ3v) is 5.73. The summed E-state index contributed by atoms with van der Waals surface area (Å²) in [5, 5.41) is 5.15. The number of halogens is 1. The minimum absolute atomic E-state index is 0.109. The Labute approximate surface area is 188 Å². The molecule has 6 heteroatoms. The van der Waals surface area contributed by atoms with Crippen molar-refractivity contribution in [1.29, 1.82) is 0 Å². The molecule has 160 valence electrons. The molecule has 3 aromatic rings. The summed E-state index contributed by atoms with van der Waals surface area (Å²) in [6.07, 6.45) is 8.00. The Morgan fingerprint density at radius 3 is 2.71 bits per heavy atom. The van der Waals surface area contributed by atoms with E-state index < -0.39 is 0 Å². The molecule has 0 saturated carbocycles. The molecule has 0 radical (unpaired) electrons. The fourth-order valence-electron chi connectivity index (χ4n) is 3.87. The van der Waals surface area contributed by atoms with Crippen LogP contribution < -0.4 is 4.90 Å². The zero-order chi connectivity index (χ0) is 21.6. The monoisotopic (exact) mass is 434 g/mol. The highest BCUT2D eigenvalue weighted by molar-refractivity contribution is 6.30. The number of amides is 1. The molecule has 1 aliphatic heterocycles. The molecular formula is C25H27ClN4O. The fraction of sp³-hybridized carbons (Fsp3) is 0.280. The van der Waals surface area contributed by atoms with E-state index in [1.54, 1.807) is 0 Å². The van der Waals surface area contributed by atoms with Crippen LogP contribution in [0.15, 0.2) is 73.1 Å². The lowest BCUT2D eigenvalue weighted by Gasteiger charge is -2.29. The zero-order valence-electron chi connectivity index (χ0n) is 17.7. The summed E-state index contributed by atoms with van der Waals surface area (Å²) in [5.74, 6) is 0.109. The highest BCUT2D eigenvalue weighted by atomic mass is 35.5. The first-order valence-electron chi connectivity index (χ1n) is 10.7. The molecule has 31 heavy (non-hydrogen) atoms. The molecular weight excluding hydrogens is 408 g/mol. The summed E-state index contributed by atoms with van der Waals surface area (Å²) < 4.78 is 1.90. The lowest BCUT2D eigenvalue weighted by molar-refractivity contribution is -0.119. The third-order valence-electron chi connectivity index (χ3n) is 5.49. The van der Waals surface area contributed by atoms with Gasteiger partial charge in [-0.15, -0.1) is 0 Å². The van der Waals surface area contributed by atoms with Crippen molar-refractivity contribution >= 4 is 28.8 Å². The van der Waals surface area contributed by atoms with Crippen molar-refractivity contribution in [3.05, 3.63) is 83.7 Å². The molecule has 0 saturated heterocycles. The largest absolute Gasteiger partial charge is 0.311 e. The van der Waals surface area contributed by atoms with Crippen LogP contribution >= 0.6 is 11.6 Å². The number of aromatic nitrogens is 2. The summed E-state index contributed by atoms with van der Waals surface area (Å²) >= 11 is 6.14. The van der Waals surface area contributed by atoms with Crippen molar-refractivity contribution in [3.8, 4) is 5.69 Å². The predicted molar refractivity (Wildman–Crippen MR) is 127 cm³/mol. The van der Waals surface area contributed by atoms with E-state index in [4.69, 9.17) is 11.6 Å². The van der Waals surface area contributed by atoms with Gasteiger partial charge in [-0.3, -0.25) is 9.69 Å². The van der Waals surface area contributed by atoms with Crippen LogP contribution in [0.2, 0.25) is 5.02 Å². The van der Waals surface area contributed by atoms with Crippen LogP contribution in [0.3, 0.4) is 0 Å². The van der Waals surface area contributed by atoms with Crippen molar-refractivity contribution in [2.75, 3.05) is 31.1 Å². The number of benzene rings is 2. The molecule has 0 atom stereocenters. The summed E-state index contributed by atoms with van der Waals surface area (Å²) in [6.45, 7) is 4.78. The topological polar surface area (TPSA) is 41.4 Å². The van der Waals surface area contributed by atoms with E-state index in [0.717, 1.165) is 42.9 Å². The van der Waals surface area contributed by atoms with E-state index in [0.29, 0.717) is 18.1 Å². The van der Waals surface area contributed by atoms with Crippen LogP contribution in [0.25, 0.3) is 11.3 Å². The first-order valence-corrected chi connectivity index (χ1v) is 11.1. The van der Waals surface area contributed by atoms with Gasteiger partial charge in [-0.1, -0.05) is 48.9 Å². The van der Waals surface area contributed by atoms with Crippen molar-refractivity contribution in [1.82, 2.24) is 14.7 Å². The normalized spacial score (nSPS) is 14.3. The first kappa shape index (κ1) is 21.3. The smallest absolute Gasteiger partial charge is 0.241 e.